The van der Waals surface area contributed by atoms with E-state index in [-0.39, 0.29) is 0 Å². The Morgan fingerprint density at radius 3 is 2.30 bits per heavy atom. The van der Waals surface area contributed by atoms with Crippen LogP contribution in [0.2, 0.25) is 10.0 Å². The summed E-state index contributed by atoms with van der Waals surface area (Å²) in [6, 6.07) is 9.48. The minimum atomic E-state index is -1.82. The predicted octanol–water partition coefficient (Wildman–Crippen LogP) is 2.83. The zero-order valence-corrected chi connectivity index (χ0v) is 13.4. The maximum atomic E-state index is 9.10. The van der Waals surface area contributed by atoms with Gasteiger partial charge >= 0.3 is 11.9 Å². The van der Waals surface area contributed by atoms with Gasteiger partial charge in [-0.3, -0.25) is 4.98 Å². The van der Waals surface area contributed by atoms with Crippen molar-refractivity contribution in [3.63, 3.8) is 0 Å². The zero-order valence-electron chi connectivity index (χ0n) is 11.9. The molecule has 1 aromatic heterocycles. The molecule has 0 aliphatic carbocycles. The number of nitrogens with zero attached hydrogens (tertiary/aromatic N) is 1. The Morgan fingerprint density at radius 1 is 1.09 bits per heavy atom. The molecule has 2 aromatic rings. The standard InChI is InChI=1S/C13H12Cl2N2.C2H2O4/c14-12-4-3-11(13(15)6-12)9-17-8-10-2-1-5-16-7-10;3-1(4)2(5)6/h1-7,17H,8-9H2;(H,3,4)(H,5,6). The third-order valence-electron chi connectivity index (χ3n) is 2.57. The van der Waals surface area contributed by atoms with Crippen LogP contribution >= 0.6 is 23.2 Å². The average Bonchev–Trinajstić information content (AvgIpc) is 2.51. The van der Waals surface area contributed by atoms with E-state index in [0.29, 0.717) is 16.6 Å². The number of halogens is 2. The highest BCUT2D eigenvalue weighted by atomic mass is 35.5. The van der Waals surface area contributed by atoms with Crippen molar-refractivity contribution < 1.29 is 19.8 Å². The fraction of sp³-hybridized carbons (Fsp3) is 0.133. The molecule has 122 valence electrons. The number of aromatic nitrogens is 1. The van der Waals surface area contributed by atoms with Crippen LogP contribution in [-0.2, 0) is 22.7 Å². The van der Waals surface area contributed by atoms with Gasteiger partial charge in [-0.1, -0.05) is 35.3 Å². The molecule has 3 N–H and O–H groups in total. The van der Waals surface area contributed by atoms with E-state index in [1.165, 1.54) is 0 Å². The normalized spacial score (nSPS) is 9.65. The minimum Gasteiger partial charge on any atom is -0.473 e. The number of rotatable bonds is 4. The zero-order chi connectivity index (χ0) is 17.2. The number of pyridine rings is 1. The fourth-order valence-corrected chi connectivity index (χ4v) is 1.98. The van der Waals surface area contributed by atoms with Crippen LogP contribution in [-0.4, -0.2) is 27.1 Å². The number of nitrogens with one attached hydrogen (secondary N) is 1. The van der Waals surface area contributed by atoms with Crippen LogP contribution in [0.3, 0.4) is 0 Å². The topological polar surface area (TPSA) is 99.5 Å². The summed E-state index contributed by atoms with van der Waals surface area (Å²) in [5.74, 6) is -3.65. The third-order valence-corrected chi connectivity index (χ3v) is 3.15. The van der Waals surface area contributed by atoms with Crippen LogP contribution in [0.1, 0.15) is 11.1 Å². The van der Waals surface area contributed by atoms with Gasteiger partial charge in [0, 0.05) is 35.5 Å². The quantitative estimate of drug-likeness (QED) is 0.728. The number of carboxylic acid groups (broad SMARTS) is 2. The van der Waals surface area contributed by atoms with E-state index in [1.807, 2.05) is 30.5 Å². The first-order chi connectivity index (χ1) is 10.9. The van der Waals surface area contributed by atoms with Crippen molar-refractivity contribution >= 4 is 35.1 Å². The summed E-state index contributed by atoms with van der Waals surface area (Å²) >= 11 is 11.9. The lowest BCUT2D eigenvalue weighted by atomic mass is 10.2. The average molecular weight is 357 g/mol. The van der Waals surface area contributed by atoms with Gasteiger partial charge < -0.3 is 15.5 Å². The first kappa shape index (κ1) is 18.9. The Morgan fingerprint density at radius 2 is 1.78 bits per heavy atom. The first-order valence-electron chi connectivity index (χ1n) is 6.40. The van der Waals surface area contributed by atoms with E-state index < -0.39 is 11.9 Å². The molecule has 0 radical (unpaired) electrons. The van der Waals surface area contributed by atoms with Gasteiger partial charge in [-0.15, -0.1) is 0 Å². The Kier molecular flexibility index (Phi) is 8.04. The summed E-state index contributed by atoms with van der Waals surface area (Å²) in [6.45, 7) is 1.48. The van der Waals surface area contributed by atoms with Gasteiger partial charge in [-0.05, 0) is 29.3 Å². The molecule has 0 fully saturated rings. The van der Waals surface area contributed by atoms with Gasteiger partial charge in [0.25, 0.3) is 0 Å². The maximum absolute atomic E-state index is 9.10. The summed E-state index contributed by atoms with van der Waals surface area (Å²) in [5.41, 5.74) is 2.19. The highest BCUT2D eigenvalue weighted by Gasteiger charge is 2.04. The summed E-state index contributed by atoms with van der Waals surface area (Å²) in [5, 5.41) is 19.4. The molecule has 1 aromatic carbocycles. The van der Waals surface area contributed by atoms with Crippen molar-refractivity contribution in [3.05, 3.63) is 63.9 Å². The highest BCUT2D eigenvalue weighted by Crippen LogP contribution is 2.20. The molecule has 0 amide bonds. The number of carbonyl (C=O) groups is 2. The molecular formula is C15H14Cl2N2O4. The number of aliphatic carboxylic acids is 2. The Balaban J connectivity index is 0.000000379. The summed E-state index contributed by atoms with van der Waals surface area (Å²) in [4.78, 5) is 22.3. The van der Waals surface area contributed by atoms with Crippen LogP contribution in [0.4, 0.5) is 0 Å². The largest absolute Gasteiger partial charge is 0.473 e. The molecule has 6 nitrogen and oxygen atoms in total. The third kappa shape index (κ3) is 7.60. The SMILES string of the molecule is Clc1ccc(CNCc2cccnc2)c(Cl)c1.O=C(O)C(=O)O. The lowest BCUT2D eigenvalue weighted by Crippen LogP contribution is -2.13. The van der Waals surface area contributed by atoms with Gasteiger partial charge in [0.2, 0.25) is 0 Å². The molecule has 1 heterocycles. The van der Waals surface area contributed by atoms with Crippen molar-refractivity contribution in [2.24, 2.45) is 0 Å². The van der Waals surface area contributed by atoms with E-state index >= 15 is 0 Å². The van der Waals surface area contributed by atoms with E-state index in [9.17, 15) is 0 Å². The molecule has 0 unspecified atom stereocenters. The molecule has 0 saturated carbocycles. The predicted molar refractivity (Wildman–Crippen MR) is 86.5 cm³/mol. The van der Waals surface area contributed by atoms with E-state index in [0.717, 1.165) is 17.7 Å². The van der Waals surface area contributed by atoms with Crippen molar-refractivity contribution in [3.8, 4) is 0 Å². The fourth-order valence-electron chi connectivity index (χ4n) is 1.51. The number of hydrogen-bond acceptors (Lipinski definition) is 4. The molecule has 0 aliphatic heterocycles. The lowest BCUT2D eigenvalue weighted by molar-refractivity contribution is -0.159. The highest BCUT2D eigenvalue weighted by molar-refractivity contribution is 6.35. The van der Waals surface area contributed by atoms with E-state index in [2.05, 4.69) is 10.3 Å². The molecule has 0 saturated heterocycles. The van der Waals surface area contributed by atoms with Gasteiger partial charge in [0.1, 0.15) is 0 Å². The maximum Gasteiger partial charge on any atom is 0.414 e. The van der Waals surface area contributed by atoms with Crippen molar-refractivity contribution in [2.75, 3.05) is 0 Å². The molecule has 2 rings (SSSR count). The molecular weight excluding hydrogens is 343 g/mol. The molecule has 8 heteroatoms. The second-order valence-electron chi connectivity index (χ2n) is 4.31. The number of carboxylic acids is 2. The number of hydrogen-bond donors (Lipinski definition) is 3. The van der Waals surface area contributed by atoms with Crippen LogP contribution in [0.15, 0.2) is 42.7 Å². The van der Waals surface area contributed by atoms with Crippen LogP contribution < -0.4 is 5.32 Å². The van der Waals surface area contributed by atoms with Crippen molar-refractivity contribution in [1.82, 2.24) is 10.3 Å². The monoisotopic (exact) mass is 356 g/mol. The van der Waals surface area contributed by atoms with Crippen LogP contribution in [0, 0.1) is 0 Å². The number of benzene rings is 1. The molecule has 0 atom stereocenters. The van der Waals surface area contributed by atoms with Crippen molar-refractivity contribution in [1.29, 1.82) is 0 Å². The van der Waals surface area contributed by atoms with Gasteiger partial charge in [-0.2, -0.15) is 0 Å². The Hall–Kier alpha value is -2.15. The summed E-state index contributed by atoms with van der Waals surface area (Å²) in [6.07, 6.45) is 3.61. The molecule has 0 bridgehead atoms. The molecule has 0 aliphatic rings. The lowest BCUT2D eigenvalue weighted by Gasteiger charge is -2.06. The molecule has 23 heavy (non-hydrogen) atoms. The second-order valence-corrected chi connectivity index (χ2v) is 5.15. The van der Waals surface area contributed by atoms with Crippen molar-refractivity contribution in [2.45, 2.75) is 13.1 Å². The second kappa shape index (κ2) is 9.78. The van der Waals surface area contributed by atoms with E-state index in [4.69, 9.17) is 43.0 Å². The Labute approximate surface area is 142 Å². The smallest absolute Gasteiger partial charge is 0.414 e. The van der Waals surface area contributed by atoms with Crippen LogP contribution in [0.25, 0.3) is 0 Å². The summed E-state index contributed by atoms with van der Waals surface area (Å²) < 4.78 is 0. The first-order valence-corrected chi connectivity index (χ1v) is 7.15. The minimum absolute atomic E-state index is 0.658. The Bertz CT molecular complexity index is 654. The van der Waals surface area contributed by atoms with Gasteiger partial charge in [0.05, 0.1) is 0 Å². The van der Waals surface area contributed by atoms with Gasteiger partial charge in [0.15, 0.2) is 0 Å². The van der Waals surface area contributed by atoms with Gasteiger partial charge in [-0.25, -0.2) is 9.59 Å². The molecule has 0 spiro atoms. The van der Waals surface area contributed by atoms with E-state index in [1.54, 1.807) is 12.3 Å². The van der Waals surface area contributed by atoms with Crippen LogP contribution in [0.5, 0.6) is 0 Å². The summed E-state index contributed by atoms with van der Waals surface area (Å²) in [7, 11) is 0.